The summed E-state index contributed by atoms with van der Waals surface area (Å²) in [6, 6.07) is 3.75. The van der Waals surface area contributed by atoms with E-state index in [4.69, 9.17) is 9.47 Å². The molecule has 0 spiro atoms. The Hall–Kier alpha value is -2.15. The van der Waals surface area contributed by atoms with Crippen molar-refractivity contribution >= 4 is 23.5 Å². The average Bonchev–Trinajstić information content (AvgIpc) is 2.46. The van der Waals surface area contributed by atoms with Gasteiger partial charge >= 0.3 is 5.97 Å². The monoisotopic (exact) mass is 321 g/mol. The topological polar surface area (TPSA) is 80.8 Å². The molecule has 0 radical (unpaired) electrons. The molecule has 1 aliphatic rings. The van der Waals surface area contributed by atoms with Crippen LogP contribution in [0.15, 0.2) is 12.1 Å². The number of nitrogens with zero attached hydrogens (tertiary/aromatic N) is 2. The third-order valence-electron chi connectivity index (χ3n) is 3.48. The fraction of sp³-hybridized carbons (Fsp3) is 0.562. The van der Waals surface area contributed by atoms with Gasteiger partial charge in [0.1, 0.15) is 11.6 Å². The van der Waals surface area contributed by atoms with Crippen molar-refractivity contribution < 1.29 is 19.1 Å². The number of amides is 1. The van der Waals surface area contributed by atoms with Gasteiger partial charge in [0.2, 0.25) is 0 Å². The fourth-order valence-electron chi connectivity index (χ4n) is 2.34. The molecule has 0 atom stereocenters. The molecule has 0 saturated carbocycles. The van der Waals surface area contributed by atoms with Crippen LogP contribution < -0.4 is 10.2 Å². The average molecular weight is 321 g/mol. The molecule has 1 saturated heterocycles. The highest BCUT2D eigenvalue weighted by atomic mass is 16.6. The van der Waals surface area contributed by atoms with Crippen LogP contribution in [0.1, 0.15) is 26.3 Å². The molecule has 0 aromatic carbocycles. The van der Waals surface area contributed by atoms with E-state index in [0.29, 0.717) is 19.0 Å². The lowest BCUT2D eigenvalue weighted by Gasteiger charge is -2.28. The van der Waals surface area contributed by atoms with Gasteiger partial charge in [-0.25, -0.2) is 4.98 Å². The van der Waals surface area contributed by atoms with Crippen molar-refractivity contribution in [2.24, 2.45) is 0 Å². The standard InChI is InChI=1S/C16H23N3O4/c1-11-9-13(18-15(21)16(3,4)23-12(2)20)17-14(10-11)19-5-7-22-8-6-19/h9-10H,5-8H2,1-4H3,(H,17,18,21). The Balaban J connectivity index is 2.14. The van der Waals surface area contributed by atoms with Crippen LogP contribution in [-0.2, 0) is 19.1 Å². The minimum absolute atomic E-state index is 0.418. The molecule has 1 aliphatic heterocycles. The third kappa shape index (κ3) is 4.66. The van der Waals surface area contributed by atoms with Crippen molar-refractivity contribution in [1.29, 1.82) is 0 Å². The molecule has 1 amide bonds. The van der Waals surface area contributed by atoms with Gasteiger partial charge in [0.05, 0.1) is 13.2 Å². The van der Waals surface area contributed by atoms with Crippen molar-refractivity contribution in [2.75, 3.05) is 36.5 Å². The summed E-state index contributed by atoms with van der Waals surface area (Å²) in [5.74, 6) is 0.320. The second kappa shape index (κ2) is 6.95. The number of morpholine rings is 1. The van der Waals surface area contributed by atoms with Crippen LogP contribution >= 0.6 is 0 Å². The normalized spacial score (nSPS) is 15.2. The van der Waals surface area contributed by atoms with Crippen LogP contribution in [-0.4, -0.2) is 48.8 Å². The summed E-state index contributed by atoms with van der Waals surface area (Å²) in [4.78, 5) is 30.0. The van der Waals surface area contributed by atoms with Gasteiger partial charge in [-0.15, -0.1) is 0 Å². The van der Waals surface area contributed by atoms with Crippen LogP contribution in [0, 0.1) is 6.92 Å². The Bertz CT molecular complexity index is 595. The molecule has 23 heavy (non-hydrogen) atoms. The Kier molecular flexibility index (Phi) is 5.20. The third-order valence-corrected chi connectivity index (χ3v) is 3.48. The second-order valence-corrected chi connectivity index (χ2v) is 6.05. The van der Waals surface area contributed by atoms with Crippen molar-refractivity contribution in [3.63, 3.8) is 0 Å². The van der Waals surface area contributed by atoms with Crippen LogP contribution in [0.4, 0.5) is 11.6 Å². The van der Waals surface area contributed by atoms with Gasteiger partial charge in [0.25, 0.3) is 5.91 Å². The first kappa shape index (κ1) is 17.2. The number of esters is 1. The predicted octanol–water partition coefficient (Wildman–Crippen LogP) is 1.51. The zero-order valence-corrected chi connectivity index (χ0v) is 14.0. The summed E-state index contributed by atoms with van der Waals surface area (Å²) in [6.07, 6.45) is 0. The number of aryl methyl sites for hydroxylation is 1. The number of ether oxygens (including phenoxy) is 2. The second-order valence-electron chi connectivity index (χ2n) is 6.05. The molecule has 0 bridgehead atoms. The SMILES string of the molecule is CC(=O)OC(C)(C)C(=O)Nc1cc(C)cc(N2CCOCC2)n1. The van der Waals surface area contributed by atoms with Crippen molar-refractivity contribution in [3.05, 3.63) is 17.7 Å². The summed E-state index contributed by atoms with van der Waals surface area (Å²) < 4.78 is 10.4. The Morgan fingerprint density at radius 1 is 1.30 bits per heavy atom. The van der Waals surface area contributed by atoms with E-state index in [2.05, 4.69) is 15.2 Å². The quantitative estimate of drug-likeness (QED) is 0.847. The first-order valence-electron chi connectivity index (χ1n) is 7.60. The van der Waals surface area contributed by atoms with Crippen molar-refractivity contribution in [2.45, 2.75) is 33.3 Å². The molecule has 2 rings (SSSR count). The van der Waals surface area contributed by atoms with E-state index in [-0.39, 0.29) is 0 Å². The number of hydrogen-bond acceptors (Lipinski definition) is 6. The maximum Gasteiger partial charge on any atom is 0.303 e. The molecule has 2 heterocycles. The van der Waals surface area contributed by atoms with E-state index in [0.717, 1.165) is 24.5 Å². The molecule has 7 nitrogen and oxygen atoms in total. The van der Waals surface area contributed by atoms with Gasteiger partial charge < -0.3 is 19.7 Å². The molecular weight excluding hydrogens is 298 g/mol. The fourth-order valence-corrected chi connectivity index (χ4v) is 2.34. The maximum atomic E-state index is 12.3. The van der Waals surface area contributed by atoms with Crippen LogP contribution in [0.25, 0.3) is 0 Å². The maximum absolute atomic E-state index is 12.3. The number of carbonyl (C=O) groups excluding carboxylic acids is 2. The van der Waals surface area contributed by atoms with Gasteiger partial charge in [-0.1, -0.05) is 0 Å². The van der Waals surface area contributed by atoms with Gasteiger partial charge in [0, 0.05) is 20.0 Å². The van der Waals surface area contributed by atoms with Gasteiger partial charge in [-0.3, -0.25) is 9.59 Å². The molecule has 1 aromatic heterocycles. The lowest BCUT2D eigenvalue weighted by Crippen LogP contribution is -2.41. The molecule has 0 aliphatic carbocycles. The highest BCUT2D eigenvalue weighted by Gasteiger charge is 2.31. The van der Waals surface area contributed by atoms with Crippen LogP contribution in [0.2, 0.25) is 0 Å². The lowest BCUT2D eigenvalue weighted by atomic mass is 10.1. The molecule has 126 valence electrons. The number of carbonyl (C=O) groups is 2. The Labute approximate surface area is 136 Å². The van der Waals surface area contributed by atoms with Crippen LogP contribution in [0.3, 0.4) is 0 Å². The van der Waals surface area contributed by atoms with E-state index in [1.807, 2.05) is 13.0 Å². The molecule has 1 fully saturated rings. The van der Waals surface area contributed by atoms with E-state index >= 15 is 0 Å². The zero-order valence-electron chi connectivity index (χ0n) is 14.0. The molecule has 0 unspecified atom stereocenters. The summed E-state index contributed by atoms with van der Waals surface area (Å²) in [7, 11) is 0. The predicted molar refractivity (Wildman–Crippen MR) is 86.5 cm³/mol. The van der Waals surface area contributed by atoms with E-state index in [9.17, 15) is 9.59 Å². The molecule has 7 heteroatoms. The van der Waals surface area contributed by atoms with Gasteiger partial charge in [-0.05, 0) is 38.5 Å². The first-order valence-corrected chi connectivity index (χ1v) is 7.60. The molecule has 1 N–H and O–H groups in total. The van der Waals surface area contributed by atoms with Crippen molar-refractivity contribution in [1.82, 2.24) is 4.98 Å². The summed E-state index contributed by atoms with van der Waals surface area (Å²) in [6.45, 7) is 9.17. The number of aromatic nitrogens is 1. The van der Waals surface area contributed by atoms with Gasteiger partial charge in [-0.2, -0.15) is 0 Å². The van der Waals surface area contributed by atoms with Crippen molar-refractivity contribution in [3.8, 4) is 0 Å². The number of anilines is 2. The van der Waals surface area contributed by atoms with E-state index < -0.39 is 17.5 Å². The van der Waals surface area contributed by atoms with E-state index in [1.165, 1.54) is 6.92 Å². The molecular formula is C16H23N3O4. The summed E-state index contributed by atoms with van der Waals surface area (Å²) in [5.41, 5.74) is -0.266. The zero-order chi connectivity index (χ0) is 17.0. The summed E-state index contributed by atoms with van der Waals surface area (Å²) in [5, 5.41) is 2.72. The van der Waals surface area contributed by atoms with Gasteiger partial charge in [0.15, 0.2) is 5.60 Å². The minimum Gasteiger partial charge on any atom is -0.450 e. The Morgan fingerprint density at radius 3 is 2.57 bits per heavy atom. The Morgan fingerprint density at radius 2 is 1.96 bits per heavy atom. The summed E-state index contributed by atoms with van der Waals surface area (Å²) >= 11 is 0. The number of nitrogens with one attached hydrogen (secondary N) is 1. The highest BCUT2D eigenvalue weighted by molar-refractivity contribution is 5.97. The van der Waals surface area contributed by atoms with Crippen LogP contribution in [0.5, 0.6) is 0 Å². The number of pyridine rings is 1. The number of rotatable bonds is 4. The number of hydrogen-bond donors (Lipinski definition) is 1. The largest absolute Gasteiger partial charge is 0.450 e. The smallest absolute Gasteiger partial charge is 0.303 e. The first-order chi connectivity index (χ1) is 10.8. The van der Waals surface area contributed by atoms with E-state index in [1.54, 1.807) is 19.9 Å². The highest BCUT2D eigenvalue weighted by Crippen LogP contribution is 2.20. The molecule has 1 aromatic rings. The minimum atomic E-state index is -1.25. The lowest BCUT2D eigenvalue weighted by molar-refractivity contribution is -0.160.